The summed E-state index contributed by atoms with van der Waals surface area (Å²) in [6.07, 6.45) is -0.119. The summed E-state index contributed by atoms with van der Waals surface area (Å²) in [4.78, 5) is 28.4. The summed E-state index contributed by atoms with van der Waals surface area (Å²) in [5, 5.41) is 3.59. The second-order valence-corrected chi connectivity index (χ2v) is 8.85. The Morgan fingerprint density at radius 3 is 2.59 bits per heavy atom. The number of aromatic nitrogens is 5. The lowest BCUT2D eigenvalue weighted by atomic mass is 10.1. The average Bonchev–Trinajstić information content (AvgIpc) is 3.41. The fraction of sp³-hybridized carbons (Fsp3) is 0.476. The number of aryl methyl sites for hydroxylation is 1. The van der Waals surface area contributed by atoms with E-state index in [1.165, 1.54) is 12.4 Å². The second kappa shape index (κ2) is 9.57. The Labute approximate surface area is 198 Å². The highest BCUT2D eigenvalue weighted by Crippen LogP contribution is 2.43. The van der Waals surface area contributed by atoms with Gasteiger partial charge in [0.1, 0.15) is 17.2 Å². The first-order valence-electron chi connectivity index (χ1n) is 10.7. The SMILES string of the molecule is CCOc1ncc(-c2nc(C(F)(F)F)sc2N2CCN(C(=O)Cn3nccc3C)[C@H](C)C2)cn1. The molecule has 0 unspecified atom stereocenters. The number of carbonyl (C=O) groups excluding carboxylic acids is 1. The number of hydrogen-bond donors (Lipinski definition) is 0. The third-order valence-electron chi connectivity index (χ3n) is 5.48. The van der Waals surface area contributed by atoms with Crippen LogP contribution in [0.2, 0.25) is 0 Å². The van der Waals surface area contributed by atoms with Crippen molar-refractivity contribution >= 4 is 22.2 Å². The summed E-state index contributed by atoms with van der Waals surface area (Å²) >= 11 is 0.585. The molecule has 0 bridgehead atoms. The molecule has 4 heterocycles. The van der Waals surface area contributed by atoms with Crippen LogP contribution in [0.25, 0.3) is 11.3 Å². The van der Waals surface area contributed by atoms with Gasteiger partial charge in [0.2, 0.25) is 10.9 Å². The van der Waals surface area contributed by atoms with Crippen molar-refractivity contribution in [3.63, 3.8) is 0 Å². The Bertz CT molecular complexity index is 1150. The molecule has 0 N–H and O–H groups in total. The number of halogens is 3. The van der Waals surface area contributed by atoms with E-state index < -0.39 is 11.2 Å². The van der Waals surface area contributed by atoms with Crippen LogP contribution in [0.5, 0.6) is 6.01 Å². The molecule has 0 radical (unpaired) electrons. The Hall–Kier alpha value is -3.22. The third-order valence-corrected chi connectivity index (χ3v) is 6.64. The Morgan fingerprint density at radius 2 is 2.00 bits per heavy atom. The van der Waals surface area contributed by atoms with Gasteiger partial charge >= 0.3 is 12.2 Å². The smallest absolute Gasteiger partial charge is 0.443 e. The van der Waals surface area contributed by atoms with E-state index in [1.54, 1.807) is 22.7 Å². The minimum Gasteiger partial charge on any atom is -0.464 e. The molecular formula is C21H24F3N7O2S. The maximum Gasteiger partial charge on any atom is 0.443 e. The summed E-state index contributed by atoms with van der Waals surface area (Å²) in [6, 6.07) is 1.76. The van der Waals surface area contributed by atoms with E-state index in [2.05, 4.69) is 20.1 Å². The first kappa shape index (κ1) is 23.9. The van der Waals surface area contributed by atoms with Crippen molar-refractivity contribution in [3.8, 4) is 17.3 Å². The minimum absolute atomic E-state index is 0.0839. The van der Waals surface area contributed by atoms with Crippen LogP contribution in [0.3, 0.4) is 0 Å². The predicted octanol–water partition coefficient (Wildman–Crippen LogP) is 3.26. The number of piperazine rings is 1. The van der Waals surface area contributed by atoms with Crippen molar-refractivity contribution in [2.24, 2.45) is 0 Å². The third kappa shape index (κ3) is 4.98. The van der Waals surface area contributed by atoms with Gasteiger partial charge in [-0.3, -0.25) is 9.48 Å². The van der Waals surface area contributed by atoms with Crippen molar-refractivity contribution in [1.82, 2.24) is 29.6 Å². The maximum atomic E-state index is 13.5. The molecule has 3 aromatic heterocycles. The topological polar surface area (TPSA) is 89.3 Å². The number of hydrogen-bond acceptors (Lipinski definition) is 8. The number of rotatable bonds is 6. The minimum atomic E-state index is -4.57. The standard InChI is InChI=1S/C21H24F3N7O2S/c1-4-33-20-25-9-15(10-26-20)17-18(34-19(28-17)21(22,23)24)29-7-8-30(14(3)11-29)16(32)12-31-13(2)5-6-27-31/h5-6,9-10,14H,4,7-8,11-12H2,1-3H3/t14-/m1/s1. The van der Waals surface area contributed by atoms with Crippen molar-refractivity contribution in [2.75, 3.05) is 31.1 Å². The van der Waals surface area contributed by atoms with E-state index in [0.29, 0.717) is 48.1 Å². The molecule has 13 heteroatoms. The van der Waals surface area contributed by atoms with Crippen molar-refractivity contribution in [2.45, 2.75) is 39.5 Å². The van der Waals surface area contributed by atoms with Gasteiger partial charge in [-0.2, -0.15) is 18.3 Å². The maximum absolute atomic E-state index is 13.5. The highest BCUT2D eigenvalue weighted by atomic mass is 32.1. The van der Waals surface area contributed by atoms with E-state index in [-0.39, 0.29) is 30.2 Å². The molecule has 1 amide bonds. The fourth-order valence-electron chi connectivity index (χ4n) is 3.77. The van der Waals surface area contributed by atoms with Crippen LogP contribution < -0.4 is 9.64 Å². The van der Waals surface area contributed by atoms with Gasteiger partial charge in [0.25, 0.3) is 0 Å². The van der Waals surface area contributed by atoms with Crippen molar-refractivity contribution in [3.05, 3.63) is 35.4 Å². The molecule has 0 aliphatic carbocycles. The van der Waals surface area contributed by atoms with Gasteiger partial charge in [-0.05, 0) is 26.8 Å². The van der Waals surface area contributed by atoms with Crippen molar-refractivity contribution < 1.29 is 22.7 Å². The van der Waals surface area contributed by atoms with Gasteiger partial charge in [0, 0.05) is 55.5 Å². The van der Waals surface area contributed by atoms with Gasteiger partial charge < -0.3 is 14.5 Å². The highest BCUT2D eigenvalue weighted by Gasteiger charge is 2.38. The van der Waals surface area contributed by atoms with Gasteiger partial charge in [0.15, 0.2) is 0 Å². The Balaban J connectivity index is 1.56. The van der Waals surface area contributed by atoms with E-state index >= 15 is 0 Å². The summed E-state index contributed by atoms with van der Waals surface area (Å²) < 4.78 is 47.4. The molecule has 1 atom stereocenters. The van der Waals surface area contributed by atoms with E-state index in [4.69, 9.17) is 4.74 Å². The summed E-state index contributed by atoms with van der Waals surface area (Å²) in [6.45, 7) is 7.15. The summed E-state index contributed by atoms with van der Waals surface area (Å²) in [5.41, 5.74) is 1.41. The molecule has 182 valence electrons. The Kier molecular flexibility index (Phi) is 6.73. The zero-order valence-electron chi connectivity index (χ0n) is 18.9. The second-order valence-electron chi connectivity index (χ2n) is 7.87. The van der Waals surface area contributed by atoms with Crippen LogP contribution in [0, 0.1) is 6.92 Å². The van der Waals surface area contributed by atoms with E-state index in [9.17, 15) is 18.0 Å². The largest absolute Gasteiger partial charge is 0.464 e. The molecule has 0 spiro atoms. The number of amides is 1. The highest BCUT2D eigenvalue weighted by molar-refractivity contribution is 7.16. The zero-order chi connectivity index (χ0) is 24.5. The molecule has 0 aromatic carbocycles. The lowest BCUT2D eigenvalue weighted by Gasteiger charge is -2.40. The molecule has 1 aliphatic heterocycles. The molecule has 3 aromatic rings. The van der Waals surface area contributed by atoms with Gasteiger partial charge in [-0.1, -0.05) is 11.3 Å². The number of ether oxygens (including phenoxy) is 1. The number of carbonyl (C=O) groups is 1. The van der Waals surface area contributed by atoms with Crippen molar-refractivity contribution in [1.29, 1.82) is 0 Å². The monoisotopic (exact) mass is 495 g/mol. The molecule has 4 rings (SSSR count). The van der Waals surface area contributed by atoms with Gasteiger partial charge in [-0.25, -0.2) is 15.0 Å². The first-order valence-corrected chi connectivity index (χ1v) is 11.5. The van der Waals surface area contributed by atoms with E-state index in [0.717, 1.165) is 5.69 Å². The molecule has 1 fully saturated rings. The predicted molar refractivity (Wildman–Crippen MR) is 120 cm³/mol. The van der Waals surface area contributed by atoms with Crippen LogP contribution in [-0.4, -0.2) is 67.8 Å². The molecular weight excluding hydrogens is 471 g/mol. The number of alkyl halides is 3. The van der Waals surface area contributed by atoms with Crippen LogP contribution in [0.4, 0.5) is 18.2 Å². The number of nitrogens with zero attached hydrogens (tertiary/aromatic N) is 7. The Morgan fingerprint density at radius 1 is 1.26 bits per heavy atom. The van der Waals surface area contributed by atoms with Gasteiger partial charge in [-0.15, -0.1) is 0 Å². The first-order chi connectivity index (χ1) is 16.2. The molecule has 9 nitrogen and oxygen atoms in total. The summed E-state index contributed by atoms with van der Waals surface area (Å²) in [7, 11) is 0. The zero-order valence-corrected chi connectivity index (χ0v) is 19.7. The molecule has 1 saturated heterocycles. The molecule has 0 saturated carbocycles. The number of thiazole rings is 1. The summed E-state index contributed by atoms with van der Waals surface area (Å²) in [5.74, 6) is -0.0839. The average molecular weight is 496 g/mol. The van der Waals surface area contributed by atoms with Gasteiger partial charge in [0.05, 0.1) is 6.61 Å². The molecule has 34 heavy (non-hydrogen) atoms. The van der Waals surface area contributed by atoms with E-state index in [1.807, 2.05) is 24.8 Å². The van der Waals surface area contributed by atoms with Crippen LogP contribution in [0.15, 0.2) is 24.7 Å². The normalized spacial score (nSPS) is 16.7. The van der Waals surface area contributed by atoms with Crippen LogP contribution >= 0.6 is 11.3 Å². The van der Waals surface area contributed by atoms with Crippen LogP contribution in [-0.2, 0) is 17.5 Å². The lowest BCUT2D eigenvalue weighted by molar-refractivity contribution is -0.137. The fourth-order valence-corrected chi connectivity index (χ4v) is 4.76. The lowest BCUT2D eigenvalue weighted by Crippen LogP contribution is -2.54. The quantitative estimate of drug-likeness (QED) is 0.519. The van der Waals surface area contributed by atoms with Crippen LogP contribution in [0.1, 0.15) is 24.5 Å². The molecule has 1 aliphatic rings. The number of anilines is 1.